The van der Waals surface area contributed by atoms with Crippen LogP contribution in [0.1, 0.15) is 54.1 Å². The second kappa shape index (κ2) is 10.2. The lowest BCUT2D eigenvalue weighted by Gasteiger charge is -2.47. The minimum absolute atomic E-state index is 0.0135. The van der Waals surface area contributed by atoms with Gasteiger partial charge in [-0.15, -0.1) is 0 Å². The molecule has 3 aliphatic rings. The molecule has 37 heavy (non-hydrogen) atoms. The lowest BCUT2D eigenvalue weighted by Crippen LogP contribution is -2.59. The van der Waals surface area contributed by atoms with Crippen molar-refractivity contribution in [3.05, 3.63) is 59.3 Å². The molecule has 1 atom stereocenters. The van der Waals surface area contributed by atoms with E-state index in [0.29, 0.717) is 11.5 Å². The van der Waals surface area contributed by atoms with Gasteiger partial charge in [-0.25, -0.2) is 4.98 Å². The number of rotatable bonds is 7. The quantitative estimate of drug-likeness (QED) is 0.563. The number of benzene rings is 1. The van der Waals surface area contributed by atoms with Crippen molar-refractivity contribution in [2.24, 2.45) is 5.41 Å². The molecule has 2 aliphatic heterocycles. The van der Waals surface area contributed by atoms with Crippen molar-refractivity contribution >= 4 is 23.6 Å². The van der Waals surface area contributed by atoms with Gasteiger partial charge in [-0.1, -0.05) is 24.8 Å². The van der Waals surface area contributed by atoms with E-state index in [2.05, 4.69) is 28.2 Å². The van der Waals surface area contributed by atoms with Crippen molar-refractivity contribution in [3.63, 3.8) is 0 Å². The lowest BCUT2D eigenvalue weighted by molar-refractivity contribution is -0.136. The monoisotopic (exact) mass is 499 g/mol. The number of aromatic nitrogens is 2. The molecule has 0 unspecified atom stereocenters. The van der Waals surface area contributed by atoms with Gasteiger partial charge < -0.3 is 20.4 Å². The van der Waals surface area contributed by atoms with E-state index in [4.69, 9.17) is 9.97 Å². The van der Waals surface area contributed by atoms with Gasteiger partial charge in [-0.05, 0) is 49.8 Å². The number of anilines is 2. The third-order valence-electron chi connectivity index (χ3n) is 7.87. The van der Waals surface area contributed by atoms with Crippen LogP contribution in [0, 0.1) is 16.7 Å². The summed E-state index contributed by atoms with van der Waals surface area (Å²) in [5.41, 5.74) is 3.56. The van der Waals surface area contributed by atoms with Gasteiger partial charge >= 0.3 is 0 Å². The maximum atomic E-state index is 12.4. The Bertz CT molecular complexity index is 1260. The predicted molar refractivity (Wildman–Crippen MR) is 141 cm³/mol. The van der Waals surface area contributed by atoms with Gasteiger partial charge in [0.25, 0.3) is 0 Å². The summed E-state index contributed by atoms with van der Waals surface area (Å²) in [4.78, 5) is 38.5. The number of fused-ring (bicyclic) bond motifs is 1. The second-order valence-electron chi connectivity index (χ2n) is 10.3. The fraction of sp³-hybridized carbons (Fsp3) is 0.464. The van der Waals surface area contributed by atoms with E-state index in [9.17, 15) is 14.9 Å². The van der Waals surface area contributed by atoms with E-state index in [1.807, 2.05) is 23.1 Å². The Kier molecular flexibility index (Phi) is 6.83. The summed E-state index contributed by atoms with van der Waals surface area (Å²) in [5.74, 6) is 1.32. The standard InChI is InChI=1S/C28H33N7O2/c1-3-25(37)35-17-28(18-35)12-13-34(16-28)27-32-22-11-7-6-10-21(22)26(33-27)31-23(14-24(36)30-2)20-9-5-4-8-19(20)15-29/h3-5,8-9,23H,1,6-7,10-14,16-18H2,2H3,(H,30,36)(H,31,32,33)/t23-/m0/s1. The molecule has 2 amide bonds. The normalized spacial score (nSPS) is 18.4. The third-order valence-corrected chi connectivity index (χ3v) is 7.87. The van der Waals surface area contributed by atoms with Gasteiger partial charge in [0.2, 0.25) is 17.8 Å². The predicted octanol–water partition coefficient (Wildman–Crippen LogP) is 2.74. The first-order valence-electron chi connectivity index (χ1n) is 13.0. The van der Waals surface area contributed by atoms with E-state index in [1.54, 1.807) is 13.1 Å². The van der Waals surface area contributed by atoms with Crippen molar-refractivity contribution in [1.82, 2.24) is 20.2 Å². The highest BCUT2D eigenvalue weighted by Gasteiger charge is 2.49. The maximum absolute atomic E-state index is 12.4. The highest BCUT2D eigenvalue weighted by molar-refractivity contribution is 5.87. The highest BCUT2D eigenvalue weighted by Crippen LogP contribution is 2.41. The molecule has 2 aromatic rings. The zero-order valence-electron chi connectivity index (χ0n) is 21.3. The van der Waals surface area contributed by atoms with Crippen molar-refractivity contribution in [2.75, 3.05) is 43.4 Å². The zero-order chi connectivity index (χ0) is 26.0. The van der Waals surface area contributed by atoms with Gasteiger partial charge in [-0.3, -0.25) is 9.59 Å². The van der Waals surface area contributed by atoms with E-state index in [0.717, 1.165) is 80.9 Å². The fourth-order valence-electron chi connectivity index (χ4n) is 5.85. The van der Waals surface area contributed by atoms with E-state index < -0.39 is 6.04 Å². The summed E-state index contributed by atoms with van der Waals surface area (Å²) in [7, 11) is 1.62. The number of nitrogens with one attached hydrogen (secondary N) is 2. The molecule has 1 aliphatic carbocycles. The number of likely N-dealkylation sites (tertiary alicyclic amines) is 1. The number of carbonyl (C=O) groups excluding carboxylic acids is 2. The van der Waals surface area contributed by atoms with E-state index in [1.165, 1.54) is 6.08 Å². The van der Waals surface area contributed by atoms with Crippen LogP contribution < -0.4 is 15.5 Å². The Morgan fingerprint density at radius 2 is 2.00 bits per heavy atom. The topological polar surface area (TPSA) is 114 Å². The van der Waals surface area contributed by atoms with Crippen LogP contribution in [0.15, 0.2) is 36.9 Å². The fourth-order valence-corrected chi connectivity index (χ4v) is 5.85. The second-order valence-corrected chi connectivity index (χ2v) is 10.3. The zero-order valence-corrected chi connectivity index (χ0v) is 21.3. The van der Waals surface area contributed by atoms with E-state index >= 15 is 0 Å². The smallest absolute Gasteiger partial charge is 0.245 e. The summed E-state index contributed by atoms with van der Waals surface area (Å²) in [6.07, 6.45) is 6.49. The van der Waals surface area contributed by atoms with Gasteiger partial charge in [0.1, 0.15) is 5.82 Å². The van der Waals surface area contributed by atoms with Crippen LogP contribution in [0.3, 0.4) is 0 Å². The molecule has 2 fully saturated rings. The molecule has 9 nitrogen and oxygen atoms in total. The van der Waals surface area contributed by atoms with Crippen LogP contribution in [0.4, 0.5) is 11.8 Å². The van der Waals surface area contributed by atoms with Crippen LogP contribution in [0.5, 0.6) is 0 Å². The molecule has 9 heteroatoms. The number of amides is 2. The number of nitriles is 1. The van der Waals surface area contributed by atoms with Crippen LogP contribution in [-0.4, -0.2) is 59.9 Å². The summed E-state index contributed by atoms with van der Waals surface area (Å²) in [6.45, 7) is 6.73. The summed E-state index contributed by atoms with van der Waals surface area (Å²) in [5, 5.41) is 16.0. The Balaban J connectivity index is 1.44. The summed E-state index contributed by atoms with van der Waals surface area (Å²) < 4.78 is 0. The average molecular weight is 500 g/mol. The van der Waals surface area contributed by atoms with Gasteiger partial charge in [0.15, 0.2) is 0 Å². The molecule has 3 heterocycles. The summed E-state index contributed by atoms with van der Waals surface area (Å²) in [6, 6.07) is 9.25. The molecule has 5 rings (SSSR count). The highest BCUT2D eigenvalue weighted by atomic mass is 16.2. The molecule has 0 radical (unpaired) electrons. The van der Waals surface area contributed by atoms with Crippen molar-refractivity contribution in [3.8, 4) is 6.07 Å². The minimum Gasteiger partial charge on any atom is -0.362 e. The van der Waals surface area contributed by atoms with Crippen LogP contribution >= 0.6 is 0 Å². The van der Waals surface area contributed by atoms with Crippen molar-refractivity contribution in [2.45, 2.75) is 44.6 Å². The molecule has 1 aromatic heterocycles. The first kappa shape index (κ1) is 24.8. The Labute approximate surface area is 217 Å². The molecule has 1 spiro atoms. The molecule has 2 saturated heterocycles. The van der Waals surface area contributed by atoms with Gasteiger partial charge in [-0.2, -0.15) is 10.2 Å². The number of aryl methyl sites for hydroxylation is 1. The van der Waals surface area contributed by atoms with Crippen LogP contribution in [0.25, 0.3) is 0 Å². The third kappa shape index (κ3) is 4.88. The molecule has 2 N–H and O–H groups in total. The maximum Gasteiger partial charge on any atom is 0.245 e. The van der Waals surface area contributed by atoms with Crippen molar-refractivity contribution < 1.29 is 9.59 Å². The molecule has 1 aromatic carbocycles. The molecule has 0 bridgehead atoms. The van der Waals surface area contributed by atoms with Crippen molar-refractivity contribution in [1.29, 1.82) is 5.26 Å². The molecule has 192 valence electrons. The largest absolute Gasteiger partial charge is 0.362 e. The van der Waals surface area contributed by atoms with Gasteiger partial charge in [0, 0.05) is 44.2 Å². The summed E-state index contributed by atoms with van der Waals surface area (Å²) >= 11 is 0. The van der Waals surface area contributed by atoms with Crippen LogP contribution in [0.2, 0.25) is 0 Å². The number of hydrogen-bond donors (Lipinski definition) is 2. The van der Waals surface area contributed by atoms with Crippen LogP contribution in [-0.2, 0) is 22.4 Å². The minimum atomic E-state index is -0.403. The lowest BCUT2D eigenvalue weighted by atomic mass is 9.79. The first-order valence-corrected chi connectivity index (χ1v) is 13.0. The number of nitrogens with zero attached hydrogens (tertiary/aromatic N) is 5. The average Bonchev–Trinajstić information content (AvgIpc) is 3.37. The number of carbonyl (C=O) groups is 2. The van der Waals surface area contributed by atoms with E-state index in [-0.39, 0.29) is 23.7 Å². The Morgan fingerprint density at radius 3 is 2.76 bits per heavy atom. The first-order chi connectivity index (χ1) is 17.9. The number of hydrogen-bond acceptors (Lipinski definition) is 7. The van der Waals surface area contributed by atoms with Gasteiger partial charge in [0.05, 0.1) is 29.8 Å². The molecular formula is C28H33N7O2. The molecular weight excluding hydrogens is 466 g/mol. The Morgan fingerprint density at radius 1 is 1.22 bits per heavy atom. The Hall–Kier alpha value is -3.93. The molecule has 0 saturated carbocycles. The SMILES string of the molecule is C=CC(=O)N1CC2(CCN(c3nc4c(c(N[C@@H](CC(=O)NC)c5ccccc5C#N)n3)CCCC4)C2)C1.